The lowest BCUT2D eigenvalue weighted by atomic mass is 10.1. The van der Waals surface area contributed by atoms with Gasteiger partial charge in [-0.3, -0.25) is 4.98 Å². The van der Waals surface area contributed by atoms with E-state index in [0.717, 1.165) is 10.9 Å². The summed E-state index contributed by atoms with van der Waals surface area (Å²) in [6.45, 7) is 2.03. The molecule has 1 heterocycles. The minimum atomic E-state index is 0.163. The maximum atomic E-state index is 5.90. The van der Waals surface area contributed by atoms with E-state index in [-0.39, 0.29) is 6.04 Å². The van der Waals surface area contributed by atoms with Gasteiger partial charge in [-0.1, -0.05) is 27.7 Å². The standard InChI is InChI=1S/C14H15BrN2S/c1-10(16)8-11-9-12(15)2-3-14(11)18-13-4-6-17-7-5-13/h2-7,9-10H,8,16H2,1H3. The largest absolute Gasteiger partial charge is 0.328 e. The Morgan fingerprint density at radius 1 is 1.28 bits per heavy atom. The molecule has 0 bridgehead atoms. The summed E-state index contributed by atoms with van der Waals surface area (Å²) in [5.74, 6) is 0. The van der Waals surface area contributed by atoms with E-state index in [1.165, 1.54) is 15.4 Å². The van der Waals surface area contributed by atoms with Crippen molar-refractivity contribution in [2.24, 2.45) is 5.73 Å². The Kier molecular flexibility index (Phi) is 4.80. The molecule has 2 N–H and O–H groups in total. The van der Waals surface area contributed by atoms with Gasteiger partial charge in [0.1, 0.15) is 0 Å². The van der Waals surface area contributed by atoms with Crippen LogP contribution in [0.15, 0.2) is 57.0 Å². The normalized spacial score (nSPS) is 12.4. The third-order valence-corrected chi connectivity index (χ3v) is 4.06. The Labute approximate surface area is 120 Å². The van der Waals surface area contributed by atoms with Gasteiger partial charge in [0.2, 0.25) is 0 Å². The van der Waals surface area contributed by atoms with Crippen LogP contribution in [-0.2, 0) is 6.42 Å². The lowest BCUT2D eigenvalue weighted by molar-refractivity contribution is 0.729. The van der Waals surface area contributed by atoms with E-state index in [0.29, 0.717) is 0 Å². The van der Waals surface area contributed by atoms with Crippen molar-refractivity contribution in [3.63, 3.8) is 0 Å². The molecule has 2 rings (SSSR count). The number of nitrogens with zero attached hydrogens (tertiary/aromatic N) is 1. The molecule has 1 aromatic heterocycles. The summed E-state index contributed by atoms with van der Waals surface area (Å²) in [7, 11) is 0. The zero-order valence-electron chi connectivity index (χ0n) is 10.1. The Hall–Kier alpha value is -0.840. The Morgan fingerprint density at radius 3 is 2.67 bits per heavy atom. The van der Waals surface area contributed by atoms with Crippen LogP contribution in [0.3, 0.4) is 0 Å². The Morgan fingerprint density at radius 2 is 2.00 bits per heavy atom. The Balaban J connectivity index is 2.26. The smallest absolute Gasteiger partial charge is 0.0279 e. The molecule has 0 aliphatic rings. The molecule has 18 heavy (non-hydrogen) atoms. The van der Waals surface area contributed by atoms with E-state index in [1.54, 1.807) is 11.8 Å². The molecule has 1 unspecified atom stereocenters. The van der Waals surface area contributed by atoms with Gasteiger partial charge in [0.05, 0.1) is 0 Å². The second-order valence-corrected chi connectivity index (χ2v) is 6.25. The number of aromatic nitrogens is 1. The number of hydrogen-bond donors (Lipinski definition) is 1. The number of rotatable bonds is 4. The highest BCUT2D eigenvalue weighted by molar-refractivity contribution is 9.10. The average Bonchev–Trinajstić information content (AvgIpc) is 2.33. The van der Waals surface area contributed by atoms with Gasteiger partial charge in [-0.05, 0) is 49.2 Å². The molecule has 2 aromatic rings. The van der Waals surface area contributed by atoms with Crippen molar-refractivity contribution in [1.29, 1.82) is 0 Å². The van der Waals surface area contributed by atoms with Crippen molar-refractivity contribution in [1.82, 2.24) is 4.98 Å². The number of hydrogen-bond acceptors (Lipinski definition) is 3. The first-order valence-electron chi connectivity index (χ1n) is 5.77. The second-order valence-electron chi connectivity index (χ2n) is 4.22. The van der Waals surface area contributed by atoms with E-state index in [4.69, 9.17) is 5.73 Å². The van der Waals surface area contributed by atoms with Gasteiger partial charge in [-0.15, -0.1) is 0 Å². The maximum Gasteiger partial charge on any atom is 0.0279 e. The van der Waals surface area contributed by atoms with Gasteiger partial charge < -0.3 is 5.73 Å². The van der Waals surface area contributed by atoms with E-state index in [2.05, 4.69) is 39.1 Å². The highest BCUT2D eigenvalue weighted by atomic mass is 79.9. The van der Waals surface area contributed by atoms with Crippen molar-refractivity contribution in [3.8, 4) is 0 Å². The van der Waals surface area contributed by atoms with Crippen molar-refractivity contribution in [3.05, 3.63) is 52.8 Å². The van der Waals surface area contributed by atoms with Crippen molar-refractivity contribution >= 4 is 27.7 Å². The van der Waals surface area contributed by atoms with Gasteiger partial charge >= 0.3 is 0 Å². The fourth-order valence-electron chi connectivity index (χ4n) is 1.69. The molecule has 94 valence electrons. The molecule has 0 spiro atoms. The van der Waals surface area contributed by atoms with Gasteiger partial charge in [-0.2, -0.15) is 0 Å². The van der Waals surface area contributed by atoms with E-state index in [9.17, 15) is 0 Å². The molecule has 1 aromatic carbocycles. The van der Waals surface area contributed by atoms with Crippen molar-refractivity contribution in [2.75, 3.05) is 0 Å². The van der Waals surface area contributed by atoms with Gasteiger partial charge in [0, 0.05) is 32.7 Å². The maximum absolute atomic E-state index is 5.90. The highest BCUT2D eigenvalue weighted by Gasteiger charge is 2.07. The first-order chi connectivity index (χ1) is 8.65. The van der Waals surface area contributed by atoms with Crippen molar-refractivity contribution in [2.45, 2.75) is 29.2 Å². The van der Waals surface area contributed by atoms with Gasteiger partial charge in [0.25, 0.3) is 0 Å². The van der Waals surface area contributed by atoms with Crippen LogP contribution in [-0.4, -0.2) is 11.0 Å². The van der Waals surface area contributed by atoms with Crippen LogP contribution >= 0.6 is 27.7 Å². The summed E-state index contributed by atoms with van der Waals surface area (Å²) < 4.78 is 1.09. The minimum Gasteiger partial charge on any atom is -0.328 e. The number of benzene rings is 1. The first-order valence-corrected chi connectivity index (χ1v) is 7.38. The first kappa shape index (κ1) is 13.6. The number of pyridine rings is 1. The summed E-state index contributed by atoms with van der Waals surface area (Å²) in [6.07, 6.45) is 4.51. The van der Waals surface area contributed by atoms with Gasteiger partial charge in [0.15, 0.2) is 0 Å². The van der Waals surface area contributed by atoms with Crippen molar-refractivity contribution < 1.29 is 0 Å². The van der Waals surface area contributed by atoms with E-state index in [1.807, 2.05) is 31.5 Å². The van der Waals surface area contributed by atoms with Gasteiger partial charge in [-0.25, -0.2) is 0 Å². The molecule has 0 amide bonds. The number of halogens is 1. The molecule has 0 saturated carbocycles. The minimum absolute atomic E-state index is 0.163. The molecule has 4 heteroatoms. The van der Waals surface area contributed by atoms with Crippen LogP contribution in [0.2, 0.25) is 0 Å². The van der Waals surface area contributed by atoms with Crippen LogP contribution in [0.5, 0.6) is 0 Å². The highest BCUT2D eigenvalue weighted by Crippen LogP contribution is 2.32. The summed E-state index contributed by atoms with van der Waals surface area (Å²) in [5.41, 5.74) is 7.18. The van der Waals surface area contributed by atoms with Crippen LogP contribution in [0.4, 0.5) is 0 Å². The van der Waals surface area contributed by atoms with Crippen LogP contribution in [0.25, 0.3) is 0 Å². The summed E-state index contributed by atoms with van der Waals surface area (Å²) >= 11 is 5.26. The molecule has 0 radical (unpaired) electrons. The molecular formula is C14H15BrN2S. The third-order valence-electron chi connectivity index (χ3n) is 2.44. The fourth-order valence-corrected chi connectivity index (χ4v) is 3.02. The molecule has 0 aliphatic carbocycles. The van der Waals surface area contributed by atoms with Crippen LogP contribution < -0.4 is 5.73 Å². The molecule has 0 aliphatic heterocycles. The number of nitrogens with two attached hydrogens (primary N) is 1. The second kappa shape index (κ2) is 6.36. The summed E-state index contributed by atoms with van der Waals surface area (Å²) in [5, 5.41) is 0. The molecule has 0 saturated heterocycles. The molecule has 2 nitrogen and oxygen atoms in total. The van der Waals surface area contributed by atoms with E-state index >= 15 is 0 Å². The molecular weight excluding hydrogens is 308 g/mol. The lowest BCUT2D eigenvalue weighted by Crippen LogP contribution is -2.18. The topological polar surface area (TPSA) is 38.9 Å². The Bertz CT molecular complexity index is 514. The fraction of sp³-hybridized carbons (Fsp3) is 0.214. The average molecular weight is 323 g/mol. The predicted molar refractivity (Wildman–Crippen MR) is 79.9 cm³/mol. The quantitative estimate of drug-likeness (QED) is 0.928. The zero-order chi connectivity index (χ0) is 13.0. The summed E-state index contributed by atoms with van der Waals surface area (Å²) in [6, 6.07) is 10.5. The third kappa shape index (κ3) is 3.83. The monoisotopic (exact) mass is 322 g/mol. The SMILES string of the molecule is CC(N)Cc1cc(Br)ccc1Sc1ccncc1. The van der Waals surface area contributed by atoms with E-state index < -0.39 is 0 Å². The molecule has 1 atom stereocenters. The summed E-state index contributed by atoms with van der Waals surface area (Å²) in [4.78, 5) is 6.48. The van der Waals surface area contributed by atoms with Crippen LogP contribution in [0, 0.1) is 0 Å². The predicted octanol–water partition coefficient (Wildman–Crippen LogP) is 3.89. The van der Waals surface area contributed by atoms with Crippen LogP contribution in [0.1, 0.15) is 12.5 Å². The molecule has 0 fully saturated rings. The zero-order valence-corrected chi connectivity index (χ0v) is 12.5. The lowest BCUT2D eigenvalue weighted by Gasteiger charge is -2.12.